The summed E-state index contributed by atoms with van der Waals surface area (Å²) < 4.78 is 0. The van der Waals surface area contributed by atoms with E-state index in [0.717, 1.165) is 26.2 Å². The number of carbonyl (C=O) groups is 1. The Labute approximate surface area is 90.3 Å². The van der Waals surface area contributed by atoms with Gasteiger partial charge in [0, 0.05) is 32.7 Å². The fourth-order valence-corrected chi connectivity index (χ4v) is 1.51. The Morgan fingerprint density at radius 2 is 2.07 bits per heavy atom. The van der Waals surface area contributed by atoms with Gasteiger partial charge in [-0.2, -0.15) is 0 Å². The number of nitrogens with two attached hydrogens (primary N) is 1. The molecule has 15 heavy (non-hydrogen) atoms. The van der Waals surface area contributed by atoms with Gasteiger partial charge in [-0.25, -0.2) is 5.90 Å². The lowest BCUT2D eigenvalue weighted by Crippen LogP contribution is -2.48. The van der Waals surface area contributed by atoms with Gasteiger partial charge in [0.15, 0.2) is 0 Å². The Morgan fingerprint density at radius 1 is 1.40 bits per heavy atom. The molecule has 1 fully saturated rings. The van der Waals surface area contributed by atoms with Crippen LogP contribution in [0.25, 0.3) is 0 Å². The summed E-state index contributed by atoms with van der Waals surface area (Å²) in [6, 6.07) is 0. The lowest BCUT2D eigenvalue weighted by Gasteiger charge is -2.31. The van der Waals surface area contributed by atoms with Gasteiger partial charge in [0.1, 0.15) is 0 Å². The molecule has 6 nitrogen and oxygen atoms in total. The molecule has 1 amide bonds. The van der Waals surface area contributed by atoms with Gasteiger partial charge in [-0.1, -0.05) is 0 Å². The Bertz CT molecular complexity index is 193. The summed E-state index contributed by atoms with van der Waals surface area (Å²) in [5.41, 5.74) is 0. The number of nitrogens with one attached hydrogen (secondary N) is 1. The van der Waals surface area contributed by atoms with Crippen molar-refractivity contribution in [2.75, 3.05) is 52.9 Å². The number of hydrogen-bond donors (Lipinski definition) is 2. The third-order valence-electron chi connectivity index (χ3n) is 2.51. The molecule has 6 heteroatoms. The van der Waals surface area contributed by atoms with Crippen molar-refractivity contribution >= 4 is 5.91 Å². The lowest BCUT2D eigenvalue weighted by atomic mass is 10.5. The van der Waals surface area contributed by atoms with E-state index in [0.29, 0.717) is 19.7 Å². The maximum Gasteiger partial charge on any atom is 0.234 e. The van der Waals surface area contributed by atoms with Crippen molar-refractivity contribution < 1.29 is 9.63 Å². The number of hydrogen-bond acceptors (Lipinski definition) is 5. The van der Waals surface area contributed by atoms with Crippen LogP contribution in [0.1, 0.15) is 0 Å². The zero-order valence-corrected chi connectivity index (χ0v) is 9.24. The Balaban J connectivity index is 2.09. The minimum atomic E-state index is 0.0385. The quantitative estimate of drug-likeness (QED) is 0.248. The van der Waals surface area contributed by atoms with E-state index < -0.39 is 0 Å². The summed E-state index contributed by atoms with van der Waals surface area (Å²) >= 11 is 0. The maximum absolute atomic E-state index is 11.4. The molecule has 0 radical (unpaired) electrons. The number of likely N-dealkylation sites (N-methyl/N-ethyl adjacent to an activating group) is 1. The minimum absolute atomic E-state index is 0.0385. The van der Waals surface area contributed by atoms with Crippen molar-refractivity contribution in [3.05, 3.63) is 0 Å². The molecule has 1 aliphatic rings. The monoisotopic (exact) mass is 219 g/mol. The molecule has 3 N–H and O–H groups in total. The van der Waals surface area contributed by atoms with E-state index in [1.807, 2.05) is 0 Å². The number of amides is 1. The highest BCUT2D eigenvalue weighted by Gasteiger charge is 2.15. The molecule has 88 valence electrons. The number of piperazine rings is 1. The first-order valence-corrected chi connectivity index (χ1v) is 5.21. The summed E-state index contributed by atoms with van der Waals surface area (Å²) in [7, 11) is 2.09. The van der Waals surface area contributed by atoms with Gasteiger partial charge >= 0.3 is 0 Å². The van der Waals surface area contributed by atoms with E-state index in [1.165, 1.54) is 0 Å². The van der Waals surface area contributed by atoms with E-state index in [4.69, 9.17) is 5.90 Å². The highest BCUT2D eigenvalue weighted by atomic mass is 16.6. The van der Waals surface area contributed by atoms with E-state index >= 15 is 0 Å². The molecular weight excluding hydrogens is 199 g/mol. The van der Waals surface area contributed by atoms with Crippen molar-refractivity contribution in [2.24, 2.45) is 5.90 Å². The molecule has 0 saturated carbocycles. The number of carbonyl (C=O) groups excluding carboxylic acids is 1. The zero-order valence-electron chi connectivity index (χ0n) is 9.24. The number of nitrogens with zero attached hydrogens (tertiary/aromatic N) is 2. The van der Waals surface area contributed by atoms with Crippen LogP contribution in [0, 0.1) is 0 Å². The van der Waals surface area contributed by atoms with Crippen molar-refractivity contribution in [1.29, 1.82) is 0 Å². The average Bonchev–Trinajstić information content (AvgIpc) is 2.22. The van der Waals surface area contributed by atoms with Crippen LogP contribution >= 0.6 is 0 Å². The van der Waals surface area contributed by atoms with Gasteiger partial charge in [0.05, 0.1) is 13.2 Å². The minimum Gasteiger partial charge on any atom is -0.353 e. The highest BCUT2D eigenvalue weighted by Crippen LogP contribution is 1.97. The van der Waals surface area contributed by atoms with Gasteiger partial charge in [-0.3, -0.25) is 9.69 Å². The zero-order chi connectivity index (χ0) is 11.1. The molecule has 0 bridgehead atoms. The van der Waals surface area contributed by atoms with Crippen molar-refractivity contribution in [3.8, 4) is 0 Å². The molecule has 0 aromatic rings. The summed E-state index contributed by atoms with van der Waals surface area (Å²) in [6.45, 7) is 5.27. The Morgan fingerprint density at radius 3 is 2.67 bits per heavy atom. The van der Waals surface area contributed by atoms with E-state index in [2.05, 4.69) is 27.0 Å². The van der Waals surface area contributed by atoms with Crippen LogP contribution in [0.4, 0.5) is 0 Å². The maximum atomic E-state index is 11.4. The van der Waals surface area contributed by atoms with Crippen LogP contribution in [0.5, 0.6) is 0 Å². The van der Waals surface area contributed by atoms with Crippen LogP contribution in [-0.2, 0) is 9.63 Å². The van der Waals surface area contributed by atoms with Gasteiger partial charge in [-0.05, 0) is 7.05 Å². The van der Waals surface area contributed by atoms with Crippen molar-refractivity contribution in [1.82, 2.24) is 15.1 Å². The fraction of sp³-hybridized carbons (Fsp3) is 0.889. The smallest absolute Gasteiger partial charge is 0.234 e. The van der Waals surface area contributed by atoms with Gasteiger partial charge in [0.2, 0.25) is 5.91 Å². The molecule has 0 atom stereocenters. The van der Waals surface area contributed by atoms with Gasteiger partial charge in [-0.15, -0.1) is 0 Å². The SMILES string of the molecule is CN1CC[15N](CC(=O)NCCON)[13CH2][13CH2]1. The second-order valence-electron chi connectivity index (χ2n) is 3.80. The molecule has 1 heterocycles. The lowest BCUT2D eigenvalue weighted by molar-refractivity contribution is -0.122. The second-order valence-corrected chi connectivity index (χ2v) is 3.80. The second kappa shape index (κ2) is 6.73. The van der Waals surface area contributed by atoms with E-state index in [1.54, 1.807) is 0 Å². The Kier molecular flexibility index (Phi) is 5.56. The third-order valence-corrected chi connectivity index (χ3v) is 2.51. The van der Waals surface area contributed by atoms with E-state index in [9.17, 15) is 4.79 Å². The standard InChI is InChI=1S/C9H20N4O2/c1-12-3-5-13(6-4-12)8-9(14)11-2-7-15-10/h2-8,10H2,1H3,(H,11,14)/i3+1,5+1,13+1. The van der Waals surface area contributed by atoms with Crippen molar-refractivity contribution in [2.45, 2.75) is 0 Å². The van der Waals surface area contributed by atoms with E-state index in [-0.39, 0.29) is 5.91 Å². The molecule has 0 aromatic heterocycles. The van der Waals surface area contributed by atoms with Crippen LogP contribution < -0.4 is 11.2 Å². The molecule has 1 saturated heterocycles. The molecule has 0 unspecified atom stereocenters. The number of rotatable bonds is 5. The van der Waals surface area contributed by atoms with Crippen LogP contribution in [0.3, 0.4) is 0 Å². The van der Waals surface area contributed by atoms with Crippen LogP contribution in [0.2, 0.25) is 0 Å². The molecular formula is C9H20N4O2. The third kappa shape index (κ3) is 5.08. The average molecular weight is 219 g/mol. The highest BCUT2D eigenvalue weighted by molar-refractivity contribution is 5.77. The first-order valence-electron chi connectivity index (χ1n) is 5.21. The summed E-state index contributed by atoms with van der Waals surface area (Å²) in [5, 5.41) is 2.74. The normalized spacial score (nSPS) is 19.1. The first kappa shape index (κ1) is 12.4. The Hall–Kier alpha value is -0.690. The molecule has 1 aliphatic heterocycles. The van der Waals surface area contributed by atoms with Crippen LogP contribution in [-0.4, -0.2) is 68.6 Å². The van der Waals surface area contributed by atoms with Gasteiger partial charge in [0.25, 0.3) is 0 Å². The largest absolute Gasteiger partial charge is 0.353 e. The predicted octanol–water partition coefficient (Wildman–Crippen LogP) is -1.76. The summed E-state index contributed by atoms with van der Waals surface area (Å²) in [6.07, 6.45) is 0. The first-order chi connectivity index (χ1) is 7.22. The summed E-state index contributed by atoms with van der Waals surface area (Å²) in [4.78, 5) is 20.2. The molecule has 0 aromatic carbocycles. The predicted molar refractivity (Wildman–Crippen MR) is 57.1 cm³/mol. The van der Waals surface area contributed by atoms with Crippen molar-refractivity contribution in [3.63, 3.8) is 0 Å². The molecule has 0 aliphatic carbocycles. The summed E-state index contributed by atoms with van der Waals surface area (Å²) in [5.74, 6) is 4.89. The fourth-order valence-electron chi connectivity index (χ4n) is 1.51. The molecule has 1 rings (SSSR count). The van der Waals surface area contributed by atoms with Crippen LogP contribution in [0.15, 0.2) is 0 Å². The van der Waals surface area contributed by atoms with Gasteiger partial charge < -0.3 is 15.1 Å². The molecule has 0 spiro atoms. The topological polar surface area (TPSA) is 70.8 Å².